The quantitative estimate of drug-likeness (QED) is 0.882. The molecule has 2 amide bonds. The van der Waals surface area contributed by atoms with Gasteiger partial charge < -0.3 is 14.9 Å². The summed E-state index contributed by atoms with van der Waals surface area (Å²) in [6.07, 6.45) is 1.54. The van der Waals surface area contributed by atoms with Gasteiger partial charge >= 0.3 is 5.97 Å². The third kappa shape index (κ3) is 4.57. The van der Waals surface area contributed by atoms with Crippen LogP contribution in [0.15, 0.2) is 24.3 Å². The molecule has 1 fully saturated rings. The van der Waals surface area contributed by atoms with Crippen molar-refractivity contribution in [3.05, 3.63) is 35.4 Å². The molecule has 1 N–H and O–H groups in total. The number of amides is 2. The lowest BCUT2D eigenvalue weighted by atomic mass is 9.98. The van der Waals surface area contributed by atoms with Crippen molar-refractivity contribution in [3.63, 3.8) is 0 Å². The van der Waals surface area contributed by atoms with Crippen LogP contribution in [0.3, 0.4) is 0 Å². The summed E-state index contributed by atoms with van der Waals surface area (Å²) < 4.78 is 0. The molecule has 0 radical (unpaired) electrons. The number of piperidine rings is 1. The van der Waals surface area contributed by atoms with E-state index in [2.05, 4.69) is 0 Å². The van der Waals surface area contributed by atoms with Crippen molar-refractivity contribution in [1.29, 1.82) is 0 Å². The Morgan fingerprint density at radius 2 is 2.00 bits per heavy atom. The molecule has 0 bridgehead atoms. The molecule has 1 aliphatic rings. The van der Waals surface area contributed by atoms with Crippen LogP contribution in [0.1, 0.15) is 24.0 Å². The second-order valence-electron chi connectivity index (χ2n) is 6.37. The highest BCUT2D eigenvalue weighted by molar-refractivity contribution is 5.86. The summed E-state index contributed by atoms with van der Waals surface area (Å²) in [5.41, 5.74) is 2.00. The van der Waals surface area contributed by atoms with Crippen molar-refractivity contribution < 1.29 is 19.5 Å². The molecule has 1 unspecified atom stereocenters. The van der Waals surface area contributed by atoms with Gasteiger partial charge in [0.1, 0.15) is 0 Å². The minimum absolute atomic E-state index is 0.0168. The third-order valence-electron chi connectivity index (χ3n) is 4.52. The number of nitrogens with zero attached hydrogens (tertiary/aromatic N) is 2. The Bertz CT molecular complexity index is 629. The molecule has 1 aromatic rings. The van der Waals surface area contributed by atoms with E-state index in [1.807, 2.05) is 31.2 Å². The van der Waals surface area contributed by atoms with Crippen LogP contribution in [0.25, 0.3) is 0 Å². The number of carboxylic acid groups (broad SMARTS) is 1. The molecule has 0 saturated carbocycles. The number of aliphatic carboxylic acids is 1. The standard InChI is InChI=1S/C18H24N2O4/c1-13-6-3-4-7-14(13)10-16(21)19(2)12-17(22)20-9-5-8-15(11-20)18(23)24/h3-4,6-7,15H,5,8-12H2,1-2H3,(H,23,24). The van der Waals surface area contributed by atoms with Gasteiger partial charge in [0.25, 0.3) is 0 Å². The van der Waals surface area contributed by atoms with E-state index in [4.69, 9.17) is 5.11 Å². The SMILES string of the molecule is Cc1ccccc1CC(=O)N(C)CC(=O)N1CCCC(C(=O)O)C1. The van der Waals surface area contributed by atoms with E-state index >= 15 is 0 Å². The van der Waals surface area contributed by atoms with Crippen molar-refractivity contribution in [3.8, 4) is 0 Å². The molecular formula is C18H24N2O4. The number of carboxylic acids is 1. The topological polar surface area (TPSA) is 77.9 Å². The van der Waals surface area contributed by atoms with Gasteiger partial charge in [-0.2, -0.15) is 0 Å². The zero-order chi connectivity index (χ0) is 17.7. The average Bonchev–Trinajstić information content (AvgIpc) is 2.56. The first kappa shape index (κ1) is 18.0. The molecule has 0 aliphatic carbocycles. The van der Waals surface area contributed by atoms with E-state index in [1.165, 1.54) is 4.90 Å². The molecule has 1 atom stereocenters. The molecule has 130 valence electrons. The van der Waals surface area contributed by atoms with Crippen molar-refractivity contribution in [2.45, 2.75) is 26.2 Å². The Kier molecular flexibility index (Phi) is 5.95. The first-order valence-corrected chi connectivity index (χ1v) is 8.17. The second-order valence-corrected chi connectivity index (χ2v) is 6.37. The Balaban J connectivity index is 1.90. The molecule has 1 saturated heterocycles. The van der Waals surface area contributed by atoms with Gasteiger partial charge in [0.15, 0.2) is 0 Å². The van der Waals surface area contributed by atoms with Crippen LogP contribution >= 0.6 is 0 Å². The van der Waals surface area contributed by atoms with Gasteiger partial charge in [0.05, 0.1) is 18.9 Å². The molecule has 1 aliphatic heterocycles. The Labute approximate surface area is 142 Å². The predicted octanol–water partition coefficient (Wildman–Crippen LogP) is 1.32. The molecular weight excluding hydrogens is 308 g/mol. The summed E-state index contributed by atoms with van der Waals surface area (Å²) in [4.78, 5) is 38.7. The van der Waals surface area contributed by atoms with Crippen LogP contribution in [0.4, 0.5) is 0 Å². The Hall–Kier alpha value is -2.37. The van der Waals surface area contributed by atoms with E-state index in [-0.39, 0.29) is 31.3 Å². The largest absolute Gasteiger partial charge is 0.481 e. The fraction of sp³-hybridized carbons (Fsp3) is 0.500. The normalized spacial score (nSPS) is 17.4. The van der Waals surface area contributed by atoms with E-state index in [9.17, 15) is 14.4 Å². The molecule has 0 spiro atoms. The van der Waals surface area contributed by atoms with Gasteiger partial charge in [-0.15, -0.1) is 0 Å². The van der Waals surface area contributed by atoms with Crippen molar-refractivity contribution >= 4 is 17.8 Å². The molecule has 1 aromatic carbocycles. The summed E-state index contributed by atoms with van der Waals surface area (Å²) in [6.45, 7) is 2.72. The molecule has 0 aromatic heterocycles. The first-order chi connectivity index (χ1) is 11.4. The van der Waals surface area contributed by atoms with E-state index < -0.39 is 11.9 Å². The number of benzene rings is 1. The lowest BCUT2D eigenvalue weighted by molar-refractivity contribution is -0.147. The highest BCUT2D eigenvalue weighted by Crippen LogP contribution is 2.17. The minimum atomic E-state index is -0.864. The molecule has 2 rings (SSSR count). The van der Waals surface area contributed by atoms with E-state index in [1.54, 1.807) is 11.9 Å². The fourth-order valence-electron chi connectivity index (χ4n) is 2.90. The van der Waals surface area contributed by atoms with Gasteiger partial charge in [0, 0.05) is 20.1 Å². The van der Waals surface area contributed by atoms with Crippen molar-refractivity contribution in [2.24, 2.45) is 5.92 Å². The Morgan fingerprint density at radius 1 is 1.29 bits per heavy atom. The number of likely N-dealkylation sites (tertiary alicyclic amines) is 1. The maximum Gasteiger partial charge on any atom is 0.308 e. The van der Waals surface area contributed by atoms with Crippen LogP contribution in [0.5, 0.6) is 0 Å². The number of hydrogen-bond acceptors (Lipinski definition) is 3. The average molecular weight is 332 g/mol. The van der Waals surface area contributed by atoms with Gasteiger partial charge in [-0.1, -0.05) is 24.3 Å². The summed E-state index contributed by atoms with van der Waals surface area (Å²) in [7, 11) is 1.61. The summed E-state index contributed by atoms with van der Waals surface area (Å²) in [5, 5.41) is 9.10. The van der Waals surface area contributed by atoms with Crippen LogP contribution in [-0.4, -0.2) is 59.4 Å². The van der Waals surface area contributed by atoms with Crippen LogP contribution < -0.4 is 0 Å². The maximum absolute atomic E-state index is 12.3. The zero-order valence-corrected chi connectivity index (χ0v) is 14.2. The highest BCUT2D eigenvalue weighted by Gasteiger charge is 2.28. The lowest BCUT2D eigenvalue weighted by Gasteiger charge is -2.32. The van der Waals surface area contributed by atoms with Gasteiger partial charge in [-0.25, -0.2) is 0 Å². The number of carbonyl (C=O) groups excluding carboxylic acids is 2. The number of aryl methyl sites for hydroxylation is 1. The van der Waals surface area contributed by atoms with Crippen LogP contribution in [0.2, 0.25) is 0 Å². The molecule has 24 heavy (non-hydrogen) atoms. The number of carbonyl (C=O) groups is 3. The summed E-state index contributed by atoms with van der Waals surface area (Å²) in [5.74, 6) is -1.68. The lowest BCUT2D eigenvalue weighted by Crippen LogP contribution is -2.47. The number of rotatable bonds is 5. The smallest absolute Gasteiger partial charge is 0.308 e. The number of hydrogen-bond donors (Lipinski definition) is 1. The highest BCUT2D eigenvalue weighted by atomic mass is 16.4. The molecule has 6 heteroatoms. The van der Waals surface area contributed by atoms with E-state index in [0.717, 1.165) is 11.1 Å². The summed E-state index contributed by atoms with van der Waals surface area (Å²) >= 11 is 0. The van der Waals surface area contributed by atoms with Gasteiger partial charge in [0.2, 0.25) is 11.8 Å². The zero-order valence-electron chi connectivity index (χ0n) is 14.2. The maximum atomic E-state index is 12.3. The molecule has 6 nitrogen and oxygen atoms in total. The monoisotopic (exact) mass is 332 g/mol. The van der Waals surface area contributed by atoms with Crippen LogP contribution in [-0.2, 0) is 20.8 Å². The van der Waals surface area contributed by atoms with Gasteiger partial charge in [-0.05, 0) is 30.9 Å². The number of likely N-dealkylation sites (N-methyl/N-ethyl adjacent to an activating group) is 1. The fourth-order valence-corrected chi connectivity index (χ4v) is 2.90. The predicted molar refractivity (Wildman–Crippen MR) is 89.5 cm³/mol. The second kappa shape index (κ2) is 7.95. The van der Waals surface area contributed by atoms with Crippen LogP contribution in [0, 0.1) is 12.8 Å². The third-order valence-corrected chi connectivity index (χ3v) is 4.52. The summed E-state index contributed by atoms with van der Waals surface area (Å²) in [6, 6.07) is 7.67. The van der Waals surface area contributed by atoms with Gasteiger partial charge in [-0.3, -0.25) is 14.4 Å². The van der Waals surface area contributed by atoms with E-state index in [0.29, 0.717) is 19.4 Å². The molecule has 1 heterocycles. The first-order valence-electron chi connectivity index (χ1n) is 8.17. The minimum Gasteiger partial charge on any atom is -0.481 e. The van der Waals surface area contributed by atoms with Crippen molar-refractivity contribution in [2.75, 3.05) is 26.7 Å². The van der Waals surface area contributed by atoms with Crippen molar-refractivity contribution in [1.82, 2.24) is 9.80 Å². The Morgan fingerprint density at radius 3 is 2.67 bits per heavy atom.